The Kier molecular flexibility index (Phi) is 2.53. The number of H-pyrrole nitrogens is 1. The van der Waals surface area contributed by atoms with E-state index in [9.17, 15) is 10.1 Å². The number of hydrogen-bond acceptors (Lipinski definition) is 2. The summed E-state index contributed by atoms with van der Waals surface area (Å²) in [5.74, 6) is 0. The van der Waals surface area contributed by atoms with Gasteiger partial charge in [0.15, 0.2) is 0 Å². The Hall–Kier alpha value is -1.55. The van der Waals surface area contributed by atoms with Gasteiger partial charge in [0.05, 0.1) is 15.8 Å². The number of benzene rings is 1. The number of aromatic nitrogens is 1. The molecule has 2 aromatic rings. The number of halogens is 1. The summed E-state index contributed by atoms with van der Waals surface area (Å²) in [5, 5.41) is 11.2. The molecule has 0 saturated heterocycles. The van der Waals surface area contributed by atoms with Crippen LogP contribution in [0, 0.1) is 10.1 Å². The number of nitro groups is 1. The maximum absolute atomic E-state index is 10.5. The molecule has 5 heteroatoms. The molecule has 1 aromatic heterocycles. The zero-order valence-corrected chi connectivity index (χ0v) is 7.38. The van der Waals surface area contributed by atoms with E-state index in [1.54, 1.807) is 18.3 Å². The number of aromatic amines is 1. The fourth-order valence-corrected chi connectivity index (χ4v) is 1.23. The van der Waals surface area contributed by atoms with Crippen LogP contribution >= 0.6 is 12.4 Å². The molecular formula is C8H7ClN2O2. The zero-order chi connectivity index (χ0) is 8.55. The molecule has 1 N–H and O–H groups in total. The van der Waals surface area contributed by atoms with Crippen LogP contribution in [-0.4, -0.2) is 9.91 Å². The SMILES string of the molecule is Cl.O=[N+]([O-])c1cccc2[nH]ccc12. The van der Waals surface area contributed by atoms with Crippen LogP contribution in [0.4, 0.5) is 5.69 Å². The lowest BCUT2D eigenvalue weighted by atomic mass is 10.2. The summed E-state index contributed by atoms with van der Waals surface area (Å²) in [7, 11) is 0. The van der Waals surface area contributed by atoms with E-state index in [0.29, 0.717) is 5.39 Å². The minimum Gasteiger partial charge on any atom is -0.361 e. The Balaban J connectivity index is 0.000000845. The second-order valence-electron chi connectivity index (χ2n) is 2.47. The third-order valence-electron chi connectivity index (χ3n) is 1.77. The molecule has 0 bridgehead atoms. The normalized spacial score (nSPS) is 9.54. The average Bonchev–Trinajstić information content (AvgIpc) is 2.49. The molecule has 4 nitrogen and oxygen atoms in total. The zero-order valence-electron chi connectivity index (χ0n) is 6.56. The molecule has 0 unspecified atom stereocenters. The molecule has 13 heavy (non-hydrogen) atoms. The van der Waals surface area contributed by atoms with Crippen LogP contribution < -0.4 is 0 Å². The molecule has 0 aliphatic rings. The number of nitro benzene ring substituents is 1. The molecule has 1 aromatic carbocycles. The van der Waals surface area contributed by atoms with Crippen molar-refractivity contribution < 1.29 is 4.92 Å². The molecule has 0 spiro atoms. The van der Waals surface area contributed by atoms with E-state index >= 15 is 0 Å². The van der Waals surface area contributed by atoms with Crippen molar-refractivity contribution >= 4 is 29.0 Å². The number of rotatable bonds is 1. The Bertz CT molecular complexity index is 438. The van der Waals surface area contributed by atoms with Crippen molar-refractivity contribution in [2.45, 2.75) is 0 Å². The summed E-state index contributed by atoms with van der Waals surface area (Å²) in [6.45, 7) is 0. The first-order valence-electron chi connectivity index (χ1n) is 3.49. The molecule has 0 saturated carbocycles. The molecule has 0 radical (unpaired) electrons. The van der Waals surface area contributed by atoms with E-state index in [2.05, 4.69) is 4.98 Å². The molecule has 68 valence electrons. The monoisotopic (exact) mass is 198 g/mol. The lowest BCUT2D eigenvalue weighted by molar-refractivity contribution is -0.383. The molecule has 2 rings (SSSR count). The predicted molar refractivity (Wildman–Crippen MR) is 52.2 cm³/mol. The van der Waals surface area contributed by atoms with Gasteiger partial charge in [-0.3, -0.25) is 10.1 Å². The van der Waals surface area contributed by atoms with Crippen LogP contribution in [0.15, 0.2) is 30.5 Å². The second-order valence-corrected chi connectivity index (χ2v) is 2.47. The first-order valence-corrected chi connectivity index (χ1v) is 3.49. The number of nitrogens with one attached hydrogen (secondary N) is 1. The van der Waals surface area contributed by atoms with Crippen molar-refractivity contribution in [2.75, 3.05) is 0 Å². The summed E-state index contributed by atoms with van der Waals surface area (Å²) in [5.41, 5.74) is 0.943. The summed E-state index contributed by atoms with van der Waals surface area (Å²) in [4.78, 5) is 13.0. The van der Waals surface area contributed by atoms with E-state index in [-0.39, 0.29) is 23.0 Å². The molecule has 1 heterocycles. The van der Waals surface area contributed by atoms with Crippen LogP contribution in [0.1, 0.15) is 0 Å². The van der Waals surface area contributed by atoms with Crippen LogP contribution in [-0.2, 0) is 0 Å². The van der Waals surface area contributed by atoms with Gasteiger partial charge in [0.2, 0.25) is 0 Å². The Morgan fingerprint density at radius 1 is 1.31 bits per heavy atom. The van der Waals surface area contributed by atoms with Gasteiger partial charge in [0.1, 0.15) is 0 Å². The fourth-order valence-electron chi connectivity index (χ4n) is 1.23. The van der Waals surface area contributed by atoms with Gasteiger partial charge < -0.3 is 4.98 Å². The number of hydrogen-bond donors (Lipinski definition) is 1. The first-order chi connectivity index (χ1) is 5.79. The molecule has 0 amide bonds. The van der Waals surface area contributed by atoms with Crippen molar-refractivity contribution in [2.24, 2.45) is 0 Å². The van der Waals surface area contributed by atoms with E-state index in [1.165, 1.54) is 6.07 Å². The highest BCUT2D eigenvalue weighted by atomic mass is 35.5. The van der Waals surface area contributed by atoms with Crippen molar-refractivity contribution in [1.82, 2.24) is 4.98 Å². The second kappa shape index (κ2) is 3.45. The summed E-state index contributed by atoms with van der Waals surface area (Å²) < 4.78 is 0. The highest BCUT2D eigenvalue weighted by molar-refractivity contribution is 5.88. The van der Waals surface area contributed by atoms with E-state index in [4.69, 9.17) is 0 Å². The minimum atomic E-state index is -0.379. The maximum atomic E-state index is 10.5. The predicted octanol–water partition coefficient (Wildman–Crippen LogP) is 2.50. The number of fused-ring (bicyclic) bond motifs is 1. The quantitative estimate of drug-likeness (QED) is 0.565. The fraction of sp³-hybridized carbons (Fsp3) is 0. The van der Waals surface area contributed by atoms with Crippen LogP contribution in [0.5, 0.6) is 0 Å². The van der Waals surface area contributed by atoms with Crippen LogP contribution in [0.2, 0.25) is 0 Å². The summed E-state index contributed by atoms with van der Waals surface area (Å²) in [6.07, 6.45) is 1.69. The smallest absolute Gasteiger partial charge is 0.278 e. The lowest BCUT2D eigenvalue weighted by Crippen LogP contribution is -1.87. The minimum absolute atomic E-state index is 0. The Morgan fingerprint density at radius 3 is 2.77 bits per heavy atom. The van der Waals surface area contributed by atoms with Crippen molar-refractivity contribution in [1.29, 1.82) is 0 Å². The summed E-state index contributed by atoms with van der Waals surface area (Å²) >= 11 is 0. The van der Waals surface area contributed by atoms with E-state index < -0.39 is 0 Å². The third-order valence-corrected chi connectivity index (χ3v) is 1.77. The van der Waals surface area contributed by atoms with Crippen molar-refractivity contribution in [3.63, 3.8) is 0 Å². The molecular weight excluding hydrogens is 192 g/mol. The van der Waals surface area contributed by atoms with E-state index in [1.807, 2.05) is 6.07 Å². The van der Waals surface area contributed by atoms with E-state index in [0.717, 1.165) is 5.52 Å². The largest absolute Gasteiger partial charge is 0.361 e. The molecule has 0 aliphatic heterocycles. The maximum Gasteiger partial charge on any atom is 0.278 e. The van der Waals surface area contributed by atoms with Gasteiger partial charge in [-0.1, -0.05) is 6.07 Å². The molecule has 0 aliphatic carbocycles. The van der Waals surface area contributed by atoms with Crippen molar-refractivity contribution in [3.8, 4) is 0 Å². The van der Waals surface area contributed by atoms with Gasteiger partial charge in [-0.15, -0.1) is 12.4 Å². The van der Waals surface area contributed by atoms with Gasteiger partial charge in [-0.2, -0.15) is 0 Å². The molecule has 0 atom stereocenters. The van der Waals surface area contributed by atoms with Gasteiger partial charge in [0.25, 0.3) is 5.69 Å². The van der Waals surface area contributed by atoms with Gasteiger partial charge in [0, 0.05) is 12.3 Å². The number of non-ortho nitro benzene ring substituents is 1. The van der Waals surface area contributed by atoms with Crippen molar-refractivity contribution in [3.05, 3.63) is 40.6 Å². The Morgan fingerprint density at radius 2 is 2.08 bits per heavy atom. The highest BCUT2D eigenvalue weighted by Gasteiger charge is 2.10. The Labute approximate surface area is 80.1 Å². The first kappa shape index (κ1) is 9.54. The molecule has 0 fully saturated rings. The van der Waals surface area contributed by atoms with Crippen LogP contribution in [0.25, 0.3) is 10.9 Å². The van der Waals surface area contributed by atoms with Gasteiger partial charge >= 0.3 is 0 Å². The van der Waals surface area contributed by atoms with Crippen LogP contribution in [0.3, 0.4) is 0 Å². The lowest BCUT2D eigenvalue weighted by Gasteiger charge is -1.91. The summed E-state index contributed by atoms with van der Waals surface area (Å²) in [6, 6.07) is 6.67. The number of nitrogens with zero attached hydrogens (tertiary/aromatic N) is 1. The third kappa shape index (κ3) is 1.48. The van der Waals surface area contributed by atoms with Gasteiger partial charge in [-0.25, -0.2) is 0 Å². The topological polar surface area (TPSA) is 58.9 Å². The highest BCUT2D eigenvalue weighted by Crippen LogP contribution is 2.23. The standard InChI is InChI=1S/C8H6N2O2.ClH/c11-10(12)8-3-1-2-7-6(8)4-5-9-7;/h1-5,9H;1H. The average molecular weight is 199 g/mol. The van der Waals surface area contributed by atoms with Gasteiger partial charge in [-0.05, 0) is 12.1 Å².